The summed E-state index contributed by atoms with van der Waals surface area (Å²) in [5.74, 6) is 0. The van der Waals surface area contributed by atoms with Gasteiger partial charge in [-0.1, -0.05) is 39.5 Å². The van der Waals surface area contributed by atoms with Crippen molar-refractivity contribution >= 4 is 0 Å². The van der Waals surface area contributed by atoms with Crippen LogP contribution in [-0.4, -0.2) is 11.5 Å². The topological polar surface area (TPSA) is 20.2 Å². The molecule has 0 unspecified atom stereocenters. The van der Waals surface area contributed by atoms with Gasteiger partial charge in [-0.15, -0.1) is 0 Å². The second kappa shape index (κ2) is 11.7. The highest BCUT2D eigenvalue weighted by Crippen LogP contribution is 2.15. The normalized spacial score (nSPS) is 16.5. The van der Waals surface area contributed by atoms with Crippen LogP contribution < -0.4 is 0 Å². The minimum absolute atomic E-state index is 1.06. The van der Waals surface area contributed by atoms with Crippen molar-refractivity contribution in [1.82, 2.24) is 0 Å². The summed E-state index contributed by atoms with van der Waals surface area (Å²) in [6, 6.07) is 0. The summed E-state index contributed by atoms with van der Waals surface area (Å²) >= 11 is 0. The molecule has 0 amide bonds. The molecule has 1 nitrogen and oxygen atoms in total. The molecule has 0 saturated heterocycles. The summed E-state index contributed by atoms with van der Waals surface area (Å²) in [6.07, 6.45) is 4.33. The molecular weight excluding hydrogens is 131 g/mol. The highest BCUT2D eigenvalue weighted by atomic mass is 19.1. The van der Waals surface area contributed by atoms with E-state index in [4.69, 9.17) is 5.11 Å². The summed E-state index contributed by atoms with van der Waals surface area (Å²) in [4.78, 5) is 0. The largest absolute Gasteiger partial charge is 0.364 e. The minimum atomic E-state index is -1.67. The van der Waals surface area contributed by atoms with Crippen LogP contribution >= 0.6 is 0 Å². The Bertz CT molecular complexity index is 35.8. The fourth-order valence-electron chi connectivity index (χ4n) is 0.250. The van der Waals surface area contributed by atoms with Gasteiger partial charge in [-0.3, -0.25) is 0 Å². The fraction of sp³-hybridized carbons (Fsp3) is 1.00. The lowest BCUT2D eigenvalue weighted by molar-refractivity contribution is 0.0607. The lowest BCUT2D eigenvalue weighted by Crippen LogP contribution is -1.85. The molecular formula is C8H19FO. The van der Waals surface area contributed by atoms with Gasteiger partial charge < -0.3 is 5.11 Å². The number of halogens is 1. The van der Waals surface area contributed by atoms with Gasteiger partial charge >= 0.3 is 0 Å². The number of aliphatic hydroxyl groups is 1. The molecule has 1 fully saturated rings. The van der Waals surface area contributed by atoms with E-state index in [0.717, 1.165) is 6.92 Å². The molecule has 1 rings (SSSR count). The Balaban J connectivity index is 0. The third kappa shape index (κ3) is 24.8. The van der Waals surface area contributed by atoms with E-state index in [0.29, 0.717) is 0 Å². The van der Waals surface area contributed by atoms with Crippen molar-refractivity contribution in [2.45, 2.75) is 52.8 Å². The van der Waals surface area contributed by atoms with Crippen LogP contribution in [0.25, 0.3) is 0 Å². The molecule has 0 aromatic rings. The zero-order valence-corrected chi connectivity index (χ0v) is 7.23. The van der Waals surface area contributed by atoms with E-state index in [9.17, 15) is 4.39 Å². The van der Waals surface area contributed by atoms with Gasteiger partial charge in [-0.2, -0.15) is 0 Å². The summed E-state index contributed by atoms with van der Waals surface area (Å²) in [5, 5.41) is 7.39. The van der Waals surface area contributed by atoms with Gasteiger partial charge in [0.25, 0.3) is 0 Å². The number of alkyl halides is 1. The summed E-state index contributed by atoms with van der Waals surface area (Å²) < 4.78 is 10.6. The van der Waals surface area contributed by atoms with Gasteiger partial charge in [-0.25, -0.2) is 4.39 Å². The number of hydrogen-bond acceptors (Lipinski definition) is 1. The molecule has 64 valence electrons. The maximum atomic E-state index is 10.6. The molecule has 2 heteroatoms. The van der Waals surface area contributed by atoms with Gasteiger partial charge in [0.2, 0.25) is 0 Å². The van der Waals surface area contributed by atoms with Gasteiger partial charge in [0.1, 0.15) is 0 Å². The monoisotopic (exact) mass is 150 g/mol. The van der Waals surface area contributed by atoms with Crippen LogP contribution in [0.1, 0.15) is 46.5 Å². The predicted molar refractivity (Wildman–Crippen MR) is 42.6 cm³/mol. The van der Waals surface area contributed by atoms with E-state index >= 15 is 0 Å². The van der Waals surface area contributed by atoms with Crippen molar-refractivity contribution in [1.29, 1.82) is 0 Å². The van der Waals surface area contributed by atoms with E-state index in [-0.39, 0.29) is 0 Å². The zero-order valence-electron chi connectivity index (χ0n) is 7.23. The van der Waals surface area contributed by atoms with Crippen molar-refractivity contribution in [3.05, 3.63) is 0 Å². The zero-order chi connectivity index (χ0) is 8.41. The Morgan fingerprint density at radius 1 is 1.10 bits per heavy atom. The second-order valence-electron chi connectivity index (χ2n) is 1.99. The minimum Gasteiger partial charge on any atom is -0.364 e. The molecule has 0 aliphatic heterocycles. The molecule has 1 N–H and O–H groups in total. The molecule has 0 heterocycles. The maximum Gasteiger partial charge on any atom is 0.193 e. The quantitative estimate of drug-likeness (QED) is 0.563. The van der Waals surface area contributed by atoms with Crippen LogP contribution in [0.3, 0.4) is 0 Å². The molecule has 1 atom stereocenters. The third-order valence-corrected chi connectivity index (χ3v) is 1.000. The molecule has 0 radical (unpaired) electrons. The lowest BCUT2D eigenvalue weighted by atomic mass is 10.0. The lowest BCUT2D eigenvalue weighted by Gasteiger charge is -2.05. The molecule has 1 aliphatic rings. The van der Waals surface area contributed by atoms with Crippen LogP contribution in [0.5, 0.6) is 0 Å². The molecule has 0 bridgehead atoms. The van der Waals surface area contributed by atoms with Gasteiger partial charge in [0.15, 0.2) is 6.36 Å². The Morgan fingerprint density at radius 2 is 1.20 bits per heavy atom. The number of hydrogen-bond donors (Lipinski definition) is 1. The standard InChI is InChI=1S/C4H8.C2H5FO.C2H6/c1-2-4-3-1;1-2(3)4;1-2/h1-4H2;2,4H,1H3;1-2H3/t;2-;/m.1./s1. The Kier molecular flexibility index (Phi) is 14.6. The summed E-state index contributed by atoms with van der Waals surface area (Å²) in [5.41, 5.74) is 0. The molecule has 1 saturated carbocycles. The predicted octanol–water partition coefficient (Wildman–Crippen LogP) is 2.88. The van der Waals surface area contributed by atoms with E-state index < -0.39 is 6.36 Å². The first-order valence-corrected chi connectivity index (χ1v) is 4.05. The molecule has 10 heavy (non-hydrogen) atoms. The van der Waals surface area contributed by atoms with E-state index in [1.54, 1.807) is 0 Å². The Hall–Kier alpha value is -0.110. The van der Waals surface area contributed by atoms with Gasteiger partial charge in [0.05, 0.1) is 0 Å². The molecule has 0 aromatic heterocycles. The summed E-state index contributed by atoms with van der Waals surface area (Å²) in [6.45, 7) is 5.06. The van der Waals surface area contributed by atoms with Gasteiger partial charge in [0, 0.05) is 0 Å². The average molecular weight is 150 g/mol. The average Bonchev–Trinajstić information content (AvgIpc) is 1.63. The SMILES string of the molecule is C1CCC1.CC.C[C@@H](O)F. The second-order valence-corrected chi connectivity index (χ2v) is 1.99. The smallest absolute Gasteiger partial charge is 0.193 e. The van der Waals surface area contributed by atoms with Gasteiger partial charge in [-0.05, 0) is 6.92 Å². The third-order valence-electron chi connectivity index (χ3n) is 1.000. The van der Waals surface area contributed by atoms with Crippen molar-refractivity contribution in [3.8, 4) is 0 Å². The molecule has 0 aromatic carbocycles. The highest BCUT2D eigenvalue weighted by Gasteiger charge is 1.95. The molecule has 1 aliphatic carbocycles. The Morgan fingerprint density at radius 3 is 1.20 bits per heavy atom. The van der Waals surface area contributed by atoms with E-state index in [1.807, 2.05) is 13.8 Å². The van der Waals surface area contributed by atoms with Crippen LogP contribution in [-0.2, 0) is 0 Å². The van der Waals surface area contributed by atoms with Crippen molar-refractivity contribution in [2.75, 3.05) is 0 Å². The molecule has 0 spiro atoms. The first-order chi connectivity index (χ1) is 4.73. The van der Waals surface area contributed by atoms with Crippen molar-refractivity contribution in [3.63, 3.8) is 0 Å². The van der Waals surface area contributed by atoms with E-state index in [1.165, 1.54) is 25.7 Å². The van der Waals surface area contributed by atoms with Crippen molar-refractivity contribution < 1.29 is 9.50 Å². The number of rotatable bonds is 0. The highest BCUT2D eigenvalue weighted by molar-refractivity contribution is 4.50. The van der Waals surface area contributed by atoms with Crippen LogP contribution in [0.15, 0.2) is 0 Å². The van der Waals surface area contributed by atoms with Crippen LogP contribution in [0.4, 0.5) is 4.39 Å². The van der Waals surface area contributed by atoms with Crippen LogP contribution in [0, 0.1) is 0 Å². The number of aliphatic hydroxyl groups excluding tert-OH is 1. The fourth-order valence-corrected chi connectivity index (χ4v) is 0.250. The first kappa shape index (κ1) is 12.6. The van der Waals surface area contributed by atoms with Crippen molar-refractivity contribution in [2.24, 2.45) is 0 Å². The first-order valence-electron chi connectivity index (χ1n) is 4.05. The Labute approximate surface area is 63.3 Å². The maximum absolute atomic E-state index is 10.6. The summed E-state index contributed by atoms with van der Waals surface area (Å²) in [7, 11) is 0. The van der Waals surface area contributed by atoms with E-state index in [2.05, 4.69) is 0 Å². The van der Waals surface area contributed by atoms with Crippen LogP contribution in [0.2, 0.25) is 0 Å².